The minimum absolute atomic E-state index is 0.0845. The van der Waals surface area contributed by atoms with Crippen LogP contribution in [0.3, 0.4) is 0 Å². The standard InChI is InChI=1S/C35H29F6N3O4/c1-17-10-20(13-23(11-17)35(39,40)41)30-29-9-8-28(44(29)33(47)43-30)26-15-22(34(36,37)38)5-7-25(26)27-14-21(16-42-31(27)48-3)24-6-4-19(32(45)46)12-18(24)2/h4-7,10-16,28-30H,8-9H2,1-3H3,(H,43,47)(H,45,46)/t28-,29-,30+/m0/s1. The maximum absolute atomic E-state index is 14.1. The Kier molecular flexibility index (Phi) is 8.12. The number of nitrogens with zero attached hydrogens (tertiary/aromatic N) is 2. The summed E-state index contributed by atoms with van der Waals surface area (Å²) in [4.78, 5) is 30.8. The van der Waals surface area contributed by atoms with E-state index in [9.17, 15) is 41.0 Å². The van der Waals surface area contributed by atoms with Crippen molar-refractivity contribution in [3.63, 3.8) is 0 Å². The summed E-state index contributed by atoms with van der Waals surface area (Å²) in [6, 6.07) is 10.2. The number of urea groups is 1. The van der Waals surface area contributed by atoms with Gasteiger partial charge in [-0.15, -0.1) is 0 Å². The van der Waals surface area contributed by atoms with Gasteiger partial charge in [0, 0.05) is 17.3 Å². The first-order valence-corrected chi connectivity index (χ1v) is 14.9. The molecule has 7 nitrogen and oxygen atoms in total. The first-order valence-electron chi connectivity index (χ1n) is 14.9. The van der Waals surface area contributed by atoms with Crippen molar-refractivity contribution in [3.05, 3.63) is 106 Å². The zero-order valence-electron chi connectivity index (χ0n) is 25.8. The molecular formula is C35H29F6N3O4. The quantitative estimate of drug-likeness (QED) is 0.200. The molecule has 2 aliphatic heterocycles. The number of carbonyl (C=O) groups is 2. The second-order valence-corrected chi connectivity index (χ2v) is 12.0. The van der Waals surface area contributed by atoms with Gasteiger partial charge in [0.05, 0.1) is 41.9 Å². The lowest BCUT2D eigenvalue weighted by Gasteiger charge is -2.27. The Balaban J connectivity index is 1.46. The van der Waals surface area contributed by atoms with E-state index in [1.807, 2.05) is 0 Å². The third-order valence-electron chi connectivity index (χ3n) is 8.97. The number of halogens is 6. The molecule has 2 N–H and O–H groups in total. The number of aryl methyl sites for hydroxylation is 2. The molecule has 250 valence electrons. The number of rotatable bonds is 6. The summed E-state index contributed by atoms with van der Waals surface area (Å²) in [6.45, 7) is 3.25. The van der Waals surface area contributed by atoms with Crippen LogP contribution < -0.4 is 10.1 Å². The monoisotopic (exact) mass is 669 g/mol. The first kappa shape index (κ1) is 32.9. The Hall–Kier alpha value is -5.07. The zero-order valence-corrected chi connectivity index (χ0v) is 25.8. The van der Waals surface area contributed by atoms with Gasteiger partial charge in [-0.2, -0.15) is 26.3 Å². The van der Waals surface area contributed by atoms with E-state index in [2.05, 4.69) is 10.3 Å². The predicted octanol–water partition coefficient (Wildman–Crippen LogP) is 8.75. The fourth-order valence-corrected chi connectivity index (χ4v) is 6.86. The first-order chi connectivity index (χ1) is 22.6. The van der Waals surface area contributed by atoms with Crippen LogP contribution in [0.5, 0.6) is 5.88 Å². The summed E-state index contributed by atoms with van der Waals surface area (Å²) in [5, 5.41) is 12.2. The maximum Gasteiger partial charge on any atom is 0.416 e. The van der Waals surface area contributed by atoms with Gasteiger partial charge < -0.3 is 20.1 Å². The topological polar surface area (TPSA) is 91.8 Å². The normalized spacial score (nSPS) is 19.3. The minimum atomic E-state index is -4.70. The number of carboxylic acid groups (broad SMARTS) is 1. The number of benzene rings is 3. The van der Waals surface area contributed by atoms with Crippen molar-refractivity contribution in [1.82, 2.24) is 15.2 Å². The Labute approximate surface area is 271 Å². The lowest BCUT2D eigenvalue weighted by atomic mass is 9.90. The van der Waals surface area contributed by atoms with Gasteiger partial charge in [-0.1, -0.05) is 23.8 Å². The second-order valence-electron chi connectivity index (χ2n) is 12.0. The van der Waals surface area contributed by atoms with Crippen LogP contribution >= 0.6 is 0 Å². The Morgan fingerprint density at radius 1 is 0.896 bits per heavy atom. The largest absolute Gasteiger partial charge is 0.481 e. The summed E-state index contributed by atoms with van der Waals surface area (Å²) in [6.07, 6.45) is -7.22. The van der Waals surface area contributed by atoms with E-state index in [-0.39, 0.29) is 29.0 Å². The molecule has 6 rings (SSSR count). The van der Waals surface area contributed by atoms with Gasteiger partial charge in [0.2, 0.25) is 5.88 Å². The maximum atomic E-state index is 14.1. The molecular weight excluding hydrogens is 640 g/mol. The number of fused-ring (bicyclic) bond motifs is 1. The molecule has 0 saturated carbocycles. The van der Waals surface area contributed by atoms with Crippen LogP contribution in [0.15, 0.2) is 66.9 Å². The Bertz CT molecular complexity index is 1940. The van der Waals surface area contributed by atoms with Crippen molar-refractivity contribution in [2.75, 3.05) is 7.11 Å². The van der Waals surface area contributed by atoms with E-state index < -0.39 is 53.6 Å². The summed E-state index contributed by atoms with van der Waals surface area (Å²) in [5.74, 6) is -0.990. The van der Waals surface area contributed by atoms with E-state index in [1.165, 1.54) is 43.3 Å². The number of methoxy groups -OCH3 is 1. The lowest BCUT2D eigenvalue weighted by molar-refractivity contribution is -0.138. The molecule has 2 fully saturated rings. The smallest absolute Gasteiger partial charge is 0.416 e. The molecule has 0 radical (unpaired) electrons. The van der Waals surface area contributed by atoms with E-state index in [0.29, 0.717) is 39.8 Å². The molecule has 0 spiro atoms. The number of hydrogen-bond donors (Lipinski definition) is 2. The molecule has 48 heavy (non-hydrogen) atoms. The van der Waals surface area contributed by atoms with Crippen LogP contribution in [0, 0.1) is 13.8 Å². The highest BCUT2D eigenvalue weighted by molar-refractivity contribution is 5.89. The average Bonchev–Trinajstić information content (AvgIpc) is 3.60. The van der Waals surface area contributed by atoms with Gasteiger partial charge in [-0.3, -0.25) is 0 Å². The van der Waals surface area contributed by atoms with Gasteiger partial charge in [-0.25, -0.2) is 14.6 Å². The number of amides is 2. The van der Waals surface area contributed by atoms with Crippen molar-refractivity contribution in [3.8, 4) is 28.1 Å². The number of hydrogen-bond acceptors (Lipinski definition) is 4. The SMILES string of the molecule is COc1ncc(-c2ccc(C(=O)O)cc2C)cc1-c1ccc(C(F)(F)F)cc1[C@@H]1CC[C@H]2[C@@H](c3cc(C)cc(C(F)(F)F)c3)NC(=O)N12. The van der Waals surface area contributed by atoms with Crippen molar-refractivity contribution in [1.29, 1.82) is 0 Å². The van der Waals surface area contributed by atoms with Crippen molar-refractivity contribution in [2.24, 2.45) is 0 Å². The Morgan fingerprint density at radius 3 is 2.25 bits per heavy atom. The summed E-state index contributed by atoms with van der Waals surface area (Å²) in [7, 11) is 1.36. The number of carboxylic acids is 1. The highest BCUT2D eigenvalue weighted by Gasteiger charge is 2.49. The molecule has 13 heteroatoms. The number of ether oxygens (including phenoxy) is 1. The summed E-state index contributed by atoms with van der Waals surface area (Å²) in [5.41, 5.74) is 1.58. The van der Waals surface area contributed by atoms with Gasteiger partial charge in [-0.05, 0) is 97.0 Å². The molecule has 4 aromatic rings. The summed E-state index contributed by atoms with van der Waals surface area (Å²) >= 11 is 0. The average molecular weight is 670 g/mol. The van der Waals surface area contributed by atoms with Gasteiger partial charge in [0.15, 0.2) is 0 Å². The molecule has 0 bridgehead atoms. The highest BCUT2D eigenvalue weighted by Crippen LogP contribution is 2.49. The van der Waals surface area contributed by atoms with Crippen LogP contribution in [0.2, 0.25) is 0 Å². The van der Waals surface area contributed by atoms with Crippen LogP contribution in [-0.2, 0) is 12.4 Å². The van der Waals surface area contributed by atoms with Gasteiger partial charge in [0.1, 0.15) is 0 Å². The number of carbonyl (C=O) groups excluding carboxylic acids is 1. The van der Waals surface area contributed by atoms with Crippen molar-refractivity contribution < 1.29 is 45.8 Å². The lowest BCUT2D eigenvalue weighted by Crippen LogP contribution is -2.32. The molecule has 3 heterocycles. The van der Waals surface area contributed by atoms with E-state index in [4.69, 9.17) is 4.74 Å². The second kappa shape index (κ2) is 11.9. The van der Waals surface area contributed by atoms with Crippen LogP contribution in [0.25, 0.3) is 22.3 Å². The number of nitrogens with one attached hydrogen (secondary N) is 1. The molecule has 3 atom stereocenters. The number of aromatic nitrogens is 1. The highest BCUT2D eigenvalue weighted by atomic mass is 19.4. The third-order valence-corrected chi connectivity index (χ3v) is 8.97. The molecule has 3 aromatic carbocycles. The Morgan fingerprint density at radius 2 is 1.60 bits per heavy atom. The fraction of sp³-hybridized carbons (Fsp3) is 0.286. The number of alkyl halides is 6. The summed E-state index contributed by atoms with van der Waals surface area (Å²) < 4.78 is 88.7. The zero-order chi connectivity index (χ0) is 34.7. The molecule has 2 amide bonds. The van der Waals surface area contributed by atoms with Crippen LogP contribution in [-0.4, -0.2) is 40.1 Å². The van der Waals surface area contributed by atoms with E-state index >= 15 is 0 Å². The molecule has 1 aromatic heterocycles. The van der Waals surface area contributed by atoms with Gasteiger partial charge in [0.25, 0.3) is 0 Å². The van der Waals surface area contributed by atoms with Crippen LogP contribution in [0.4, 0.5) is 31.1 Å². The van der Waals surface area contributed by atoms with E-state index in [0.717, 1.165) is 24.3 Å². The molecule has 0 aliphatic carbocycles. The minimum Gasteiger partial charge on any atom is -0.481 e. The third kappa shape index (κ3) is 5.93. The van der Waals surface area contributed by atoms with Gasteiger partial charge >= 0.3 is 24.4 Å². The predicted molar refractivity (Wildman–Crippen MR) is 163 cm³/mol. The molecule has 2 saturated heterocycles. The fourth-order valence-electron chi connectivity index (χ4n) is 6.86. The molecule has 2 aliphatic rings. The number of aromatic carboxylic acids is 1. The van der Waals surface area contributed by atoms with Crippen molar-refractivity contribution in [2.45, 2.75) is 57.2 Å². The van der Waals surface area contributed by atoms with E-state index in [1.54, 1.807) is 25.1 Å². The van der Waals surface area contributed by atoms with Crippen LogP contribution in [0.1, 0.15) is 68.7 Å². The van der Waals surface area contributed by atoms with Crippen molar-refractivity contribution >= 4 is 12.0 Å². The number of pyridine rings is 1. The molecule has 0 unspecified atom stereocenters.